The zero-order valence-electron chi connectivity index (χ0n) is 18.0. The Kier molecular flexibility index (Phi) is 6.12. The van der Waals surface area contributed by atoms with E-state index in [0.29, 0.717) is 54.0 Å². The number of rotatable bonds is 4. The Labute approximate surface area is 185 Å². The second kappa shape index (κ2) is 8.98. The molecule has 4 rings (SSSR count). The maximum absolute atomic E-state index is 15.1. The minimum atomic E-state index is -0.856. The molecular weight excluding hydrogens is 414 g/mol. The third kappa shape index (κ3) is 4.17. The first-order valence-electron chi connectivity index (χ1n) is 10.6. The van der Waals surface area contributed by atoms with Crippen LogP contribution in [0.5, 0.6) is 0 Å². The van der Waals surface area contributed by atoms with E-state index in [2.05, 4.69) is 15.3 Å². The zero-order chi connectivity index (χ0) is 22.8. The summed E-state index contributed by atoms with van der Waals surface area (Å²) in [5.74, 6) is -1.54. The minimum Gasteiger partial charge on any atom is -0.373 e. The number of likely N-dealkylation sites (N-methyl/N-ethyl adjacent to an activating group) is 1. The van der Waals surface area contributed by atoms with Gasteiger partial charge in [0.2, 0.25) is 11.9 Å². The third-order valence-electron chi connectivity index (χ3n) is 5.86. The number of nitrogens with zero attached hydrogens (tertiary/aromatic N) is 3. The lowest BCUT2D eigenvalue weighted by Crippen LogP contribution is -2.31. The molecule has 3 aliphatic heterocycles. The van der Waals surface area contributed by atoms with Gasteiger partial charge in [0.25, 0.3) is 0 Å². The van der Waals surface area contributed by atoms with Gasteiger partial charge in [-0.3, -0.25) is 9.59 Å². The van der Waals surface area contributed by atoms with Crippen LogP contribution < -0.4 is 5.32 Å². The van der Waals surface area contributed by atoms with E-state index in [1.807, 2.05) is 11.8 Å². The van der Waals surface area contributed by atoms with Crippen LogP contribution in [0.4, 0.5) is 14.5 Å². The predicted molar refractivity (Wildman–Crippen MR) is 119 cm³/mol. The molecule has 1 amide bonds. The number of benzene rings is 1. The standard InChI is InChI=1S/C24H24F2N4O2/c1-3-18-21(31)12-17-19(28-18)6-4-15(22(17)25)13-30-10-8-14(9-11-30)16-5-7-20(24(32)27-2)29-23(16)26/h4-8,10,20H,3,9,11-13H2,1-2H3,(H,27,32). The number of ketones is 1. The number of nitrogens with one attached hydrogen (secondary N) is 1. The molecule has 8 heteroatoms. The van der Waals surface area contributed by atoms with Crippen molar-refractivity contribution in [3.8, 4) is 0 Å². The van der Waals surface area contributed by atoms with Crippen molar-refractivity contribution in [1.82, 2.24) is 10.2 Å². The quantitative estimate of drug-likeness (QED) is 0.782. The number of carbonyl (C=O) groups excluding carboxylic acids is 2. The number of dihydropyridines is 1. The van der Waals surface area contributed by atoms with Gasteiger partial charge in [-0.25, -0.2) is 14.4 Å². The highest BCUT2D eigenvalue weighted by Crippen LogP contribution is 2.31. The summed E-state index contributed by atoms with van der Waals surface area (Å²) >= 11 is 0. The van der Waals surface area contributed by atoms with E-state index in [-0.39, 0.29) is 23.9 Å². The van der Waals surface area contributed by atoms with Crippen molar-refractivity contribution in [2.75, 3.05) is 13.6 Å². The van der Waals surface area contributed by atoms with E-state index in [0.717, 1.165) is 5.57 Å². The topological polar surface area (TPSA) is 74.1 Å². The Balaban J connectivity index is 1.50. The molecule has 3 aliphatic rings. The maximum Gasteiger partial charge on any atom is 0.248 e. The fraction of sp³-hybridized carbons (Fsp3) is 0.333. The van der Waals surface area contributed by atoms with Crippen LogP contribution in [0.1, 0.15) is 30.9 Å². The smallest absolute Gasteiger partial charge is 0.248 e. The van der Waals surface area contributed by atoms with E-state index in [9.17, 15) is 14.0 Å². The SMILES string of the molecule is CCC1=Nc2ccc(CN3C=CC(=C4C=CC(C(=O)NC)N=C4F)CC3)c(F)c2CC1=O. The molecule has 166 valence electrons. The molecular formula is C24H24F2N4O2. The monoisotopic (exact) mass is 438 g/mol. The predicted octanol–water partition coefficient (Wildman–Crippen LogP) is 3.50. The number of aliphatic imine (C=N–C) groups is 2. The number of Topliss-reactive ketones (excluding diaryl/α,β-unsaturated/α-hetero) is 1. The van der Waals surface area contributed by atoms with Crippen LogP contribution in [0.3, 0.4) is 0 Å². The number of hydrogen-bond acceptors (Lipinski definition) is 5. The summed E-state index contributed by atoms with van der Waals surface area (Å²) in [6, 6.07) is 2.61. The van der Waals surface area contributed by atoms with Gasteiger partial charge in [-0.2, -0.15) is 4.39 Å². The largest absolute Gasteiger partial charge is 0.373 e. The lowest BCUT2D eigenvalue weighted by atomic mass is 9.96. The molecule has 0 fully saturated rings. The molecule has 0 spiro atoms. The molecule has 6 nitrogen and oxygen atoms in total. The molecule has 1 aromatic rings. The Morgan fingerprint density at radius 1 is 1.28 bits per heavy atom. The molecule has 0 aliphatic carbocycles. The van der Waals surface area contributed by atoms with Gasteiger partial charge in [0.15, 0.2) is 5.78 Å². The summed E-state index contributed by atoms with van der Waals surface area (Å²) in [4.78, 5) is 33.8. The molecule has 1 aromatic carbocycles. The van der Waals surface area contributed by atoms with Gasteiger partial charge < -0.3 is 10.2 Å². The van der Waals surface area contributed by atoms with Crippen LogP contribution >= 0.6 is 0 Å². The van der Waals surface area contributed by atoms with Gasteiger partial charge in [-0.15, -0.1) is 0 Å². The highest BCUT2D eigenvalue weighted by molar-refractivity contribution is 6.41. The Hall–Kier alpha value is -3.42. The highest BCUT2D eigenvalue weighted by Gasteiger charge is 2.25. The van der Waals surface area contributed by atoms with E-state index < -0.39 is 12.0 Å². The Morgan fingerprint density at radius 2 is 2.09 bits per heavy atom. The second-order valence-corrected chi connectivity index (χ2v) is 7.86. The van der Waals surface area contributed by atoms with Crippen molar-refractivity contribution in [2.24, 2.45) is 9.98 Å². The van der Waals surface area contributed by atoms with Crippen LogP contribution in [-0.2, 0) is 22.6 Å². The van der Waals surface area contributed by atoms with Gasteiger partial charge in [0, 0.05) is 43.3 Å². The van der Waals surface area contributed by atoms with E-state index >= 15 is 4.39 Å². The molecule has 32 heavy (non-hydrogen) atoms. The van der Waals surface area contributed by atoms with Crippen LogP contribution in [-0.4, -0.2) is 47.9 Å². The number of fused-ring (bicyclic) bond motifs is 1. The van der Waals surface area contributed by atoms with Crippen LogP contribution in [0, 0.1) is 5.82 Å². The van der Waals surface area contributed by atoms with Gasteiger partial charge >= 0.3 is 0 Å². The second-order valence-electron chi connectivity index (χ2n) is 7.86. The van der Waals surface area contributed by atoms with Crippen molar-refractivity contribution < 1.29 is 18.4 Å². The molecule has 0 saturated heterocycles. The maximum atomic E-state index is 15.1. The Morgan fingerprint density at radius 3 is 2.75 bits per heavy atom. The fourth-order valence-electron chi connectivity index (χ4n) is 4.02. The van der Waals surface area contributed by atoms with Crippen molar-refractivity contribution in [3.63, 3.8) is 0 Å². The summed E-state index contributed by atoms with van der Waals surface area (Å²) in [6.45, 7) is 2.77. The molecule has 0 saturated carbocycles. The van der Waals surface area contributed by atoms with Crippen LogP contribution in [0.25, 0.3) is 0 Å². The average molecular weight is 438 g/mol. The molecule has 1 atom stereocenters. The van der Waals surface area contributed by atoms with Crippen molar-refractivity contribution in [2.45, 2.75) is 38.8 Å². The highest BCUT2D eigenvalue weighted by atomic mass is 19.1. The Bertz CT molecular complexity index is 1130. The fourth-order valence-corrected chi connectivity index (χ4v) is 4.02. The molecule has 0 radical (unpaired) electrons. The third-order valence-corrected chi connectivity index (χ3v) is 5.86. The number of allylic oxidation sites excluding steroid dienone is 3. The van der Waals surface area contributed by atoms with Gasteiger partial charge in [0.1, 0.15) is 11.9 Å². The number of carbonyl (C=O) groups is 2. The first-order valence-corrected chi connectivity index (χ1v) is 10.6. The average Bonchev–Trinajstić information content (AvgIpc) is 2.81. The minimum absolute atomic E-state index is 0.0375. The number of hydrogen-bond donors (Lipinski definition) is 1. The van der Waals surface area contributed by atoms with Crippen molar-refractivity contribution in [3.05, 3.63) is 64.7 Å². The number of amides is 1. The van der Waals surface area contributed by atoms with E-state index in [1.54, 1.807) is 36.6 Å². The van der Waals surface area contributed by atoms with E-state index in [4.69, 9.17) is 0 Å². The van der Waals surface area contributed by atoms with Gasteiger partial charge in [-0.1, -0.05) is 19.1 Å². The van der Waals surface area contributed by atoms with Crippen LogP contribution in [0.2, 0.25) is 0 Å². The number of halogens is 2. The normalized spacial score (nSPS) is 22.4. The van der Waals surface area contributed by atoms with Crippen molar-refractivity contribution in [1.29, 1.82) is 0 Å². The lowest BCUT2D eigenvalue weighted by molar-refractivity contribution is -0.120. The molecule has 1 N–H and O–H groups in total. The molecule has 0 bridgehead atoms. The summed E-state index contributed by atoms with van der Waals surface area (Å²) in [6.07, 6.45) is 7.87. The first-order chi connectivity index (χ1) is 15.4. The summed E-state index contributed by atoms with van der Waals surface area (Å²) in [5.41, 5.74) is 2.99. The zero-order valence-corrected chi connectivity index (χ0v) is 18.0. The summed E-state index contributed by atoms with van der Waals surface area (Å²) in [5, 5.41) is 2.45. The van der Waals surface area contributed by atoms with Gasteiger partial charge in [0.05, 0.1) is 11.4 Å². The summed E-state index contributed by atoms with van der Waals surface area (Å²) in [7, 11) is 1.48. The van der Waals surface area contributed by atoms with Crippen LogP contribution in [0.15, 0.2) is 57.7 Å². The van der Waals surface area contributed by atoms with Gasteiger partial charge in [-0.05, 0) is 42.8 Å². The summed E-state index contributed by atoms with van der Waals surface area (Å²) < 4.78 is 29.5. The van der Waals surface area contributed by atoms with Crippen molar-refractivity contribution >= 4 is 29.1 Å². The molecule has 0 aromatic heterocycles. The molecule has 3 heterocycles. The molecule has 1 unspecified atom stereocenters. The van der Waals surface area contributed by atoms with E-state index in [1.165, 1.54) is 7.05 Å². The lowest BCUT2D eigenvalue weighted by Gasteiger charge is -2.27. The first kappa shape index (κ1) is 21.8.